The van der Waals surface area contributed by atoms with E-state index < -0.39 is 27.3 Å². The summed E-state index contributed by atoms with van der Waals surface area (Å²) < 4.78 is 30.8. The van der Waals surface area contributed by atoms with Gasteiger partial charge in [-0.1, -0.05) is 51.7 Å². The lowest BCUT2D eigenvalue weighted by Crippen LogP contribution is -2.39. The molecule has 2 aromatic carbocycles. The zero-order valence-corrected chi connectivity index (χ0v) is 21.3. The number of ether oxygens (including phenoxy) is 1. The van der Waals surface area contributed by atoms with Gasteiger partial charge < -0.3 is 9.84 Å². The first-order chi connectivity index (χ1) is 16.0. The van der Waals surface area contributed by atoms with Crippen LogP contribution < -0.4 is 4.74 Å². The molecule has 0 saturated heterocycles. The van der Waals surface area contributed by atoms with Crippen molar-refractivity contribution in [3.8, 4) is 28.0 Å². The number of carbonyl (C=O) groups is 1. The predicted molar refractivity (Wildman–Crippen MR) is 136 cm³/mol. The van der Waals surface area contributed by atoms with Crippen LogP contribution in [0.15, 0.2) is 64.9 Å². The Bertz CT molecular complexity index is 1320. The second kappa shape index (κ2) is 10.5. The summed E-state index contributed by atoms with van der Waals surface area (Å²) in [5.74, 6) is 5.50. The van der Waals surface area contributed by atoms with E-state index in [0.29, 0.717) is 23.3 Å². The number of hydrogen-bond acceptors (Lipinski definition) is 5. The molecule has 0 aliphatic carbocycles. The highest BCUT2D eigenvalue weighted by Crippen LogP contribution is 2.32. The highest BCUT2D eigenvalue weighted by molar-refractivity contribution is 7.91. The predicted octanol–water partition coefficient (Wildman–Crippen LogP) is 5.88. The quantitative estimate of drug-likeness (QED) is 0.413. The van der Waals surface area contributed by atoms with Gasteiger partial charge in [-0.15, -0.1) is 11.3 Å². The highest BCUT2D eigenvalue weighted by atomic mass is 32.2. The molecule has 0 fully saturated rings. The topological polar surface area (TPSA) is 80.7 Å². The van der Waals surface area contributed by atoms with Crippen molar-refractivity contribution < 1.29 is 23.1 Å². The standard InChI is InChI=1S/C27H28O5S2/c1-5-16-34(30,31)22-9-6-8-19(17-22)11-12-20-18-21(24-10-7-15-33-24)13-14-23(20)32-25(26(28)29)27(2,3)4/h6-10,13-15,17-18,25H,5,16H2,1-4H3,(H,28,29). The normalized spacial score (nSPS) is 12.5. The summed E-state index contributed by atoms with van der Waals surface area (Å²) >= 11 is 1.59. The molecule has 1 N–H and O–H groups in total. The van der Waals surface area contributed by atoms with E-state index in [9.17, 15) is 18.3 Å². The fraction of sp³-hybridized carbons (Fsp3) is 0.296. The van der Waals surface area contributed by atoms with Crippen LogP contribution in [0.4, 0.5) is 0 Å². The molecule has 5 nitrogen and oxygen atoms in total. The zero-order valence-electron chi connectivity index (χ0n) is 19.7. The minimum absolute atomic E-state index is 0.0775. The van der Waals surface area contributed by atoms with Gasteiger partial charge in [0.25, 0.3) is 0 Å². The molecular formula is C27H28O5S2. The van der Waals surface area contributed by atoms with E-state index in [4.69, 9.17) is 4.74 Å². The molecule has 0 aliphatic rings. The number of aliphatic carboxylic acids is 1. The van der Waals surface area contributed by atoms with Gasteiger partial charge in [-0.2, -0.15) is 0 Å². The summed E-state index contributed by atoms with van der Waals surface area (Å²) in [5, 5.41) is 11.7. The molecule has 7 heteroatoms. The van der Waals surface area contributed by atoms with E-state index in [1.54, 1.807) is 62.4 Å². The average molecular weight is 497 g/mol. The third-order valence-corrected chi connectivity index (χ3v) is 7.89. The molecule has 1 heterocycles. The van der Waals surface area contributed by atoms with Crippen LogP contribution in [0.25, 0.3) is 10.4 Å². The maximum atomic E-state index is 12.4. The Labute approximate surface area is 205 Å². The molecule has 178 valence electrons. The number of sulfone groups is 1. The van der Waals surface area contributed by atoms with Gasteiger partial charge in [0, 0.05) is 15.9 Å². The molecule has 1 atom stereocenters. The van der Waals surface area contributed by atoms with E-state index in [-0.39, 0.29) is 10.6 Å². The van der Waals surface area contributed by atoms with Gasteiger partial charge in [0.05, 0.1) is 16.2 Å². The van der Waals surface area contributed by atoms with Crippen LogP contribution in [0.2, 0.25) is 0 Å². The van der Waals surface area contributed by atoms with Gasteiger partial charge in [0.15, 0.2) is 15.9 Å². The monoisotopic (exact) mass is 496 g/mol. The lowest BCUT2D eigenvalue weighted by Gasteiger charge is -2.28. The van der Waals surface area contributed by atoms with Crippen molar-refractivity contribution in [2.24, 2.45) is 5.41 Å². The zero-order chi connectivity index (χ0) is 24.9. The Hall–Kier alpha value is -3.08. The number of rotatable bonds is 7. The number of carboxylic acids is 1. The molecule has 1 unspecified atom stereocenters. The summed E-state index contributed by atoms with van der Waals surface area (Å²) in [6.45, 7) is 7.24. The molecule has 0 spiro atoms. The molecule has 34 heavy (non-hydrogen) atoms. The number of thiophene rings is 1. The van der Waals surface area contributed by atoms with Crippen molar-refractivity contribution >= 4 is 27.1 Å². The summed E-state index contributed by atoms with van der Waals surface area (Å²) in [6, 6.07) is 16.0. The van der Waals surface area contributed by atoms with Crippen molar-refractivity contribution in [3.63, 3.8) is 0 Å². The summed E-state index contributed by atoms with van der Waals surface area (Å²) in [7, 11) is -3.36. The average Bonchev–Trinajstić information content (AvgIpc) is 3.30. The van der Waals surface area contributed by atoms with Crippen molar-refractivity contribution in [1.29, 1.82) is 0 Å². The fourth-order valence-corrected chi connectivity index (χ4v) is 5.43. The van der Waals surface area contributed by atoms with E-state index in [2.05, 4.69) is 11.8 Å². The third kappa shape index (κ3) is 6.28. The van der Waals surface area contributed by atoms with E-state index in [1.807, 2.05) is 36.6 Å². The van der Waals surface area contributed by atoms with E-state index in [0.717, 1.165) is 10.4 Å². The molecule has 0 aliphatic heterocycles. The minimum Gasteiger partial charge on any atom is -0.478 e. The van der Waals surface area contributed by atoms with Crippen molar-refractivity contribution in [1.82, 2.24) is 0 Å². The molecule has 0 bridgehead atoms. The van der Waals surface area contributed by atoms with Gasteiger partial charge in [-0.3, -0.25) is 0 Å². The fourth-order valence-electron chi connectivity index (χ4n) is 3.34. The summed E-state index contributed by atoms with van der Waals surface area (Å²) in [6.07, 6.45) is -0.532. The van der Waals surface area contributed by atoms with Crippen LogP contribution in [0.3, 0.4) is 0 Å². The Morgan fingerprint density at radius 2 is 1.85 bits per heavy atom. The first-order valence-electron chi connectivity index (χ1n) is 10.9. The third-order valence-electron chi connectivity index (χ3n) is 5.05. The maximum Gasteiger partial charge on any atom is 0.345 e. The molecule has 3 rings (SSSR count). The van der Waals surface area contributed by atoms with E-state index in [1.165, 1.54) is 0 Å². The highest BCUT2D eigenvalue weighted by Gasteiger charge is 2.34. The SMILES string of the molecule is CCCS(=O)(=O)c1cccc(C#Cc2cc(-c3cccs3)ccc2OC(C(=O)O)C(C)(C)C)c1. The van der Waals surface area contributed by atoms with Gasteiger partial charge in [0.1, 0.15) is 5.75 Å². The van der Waals surface area contributed by atoms with Crippen LogP contribution >= 0.6 is 11.3 Å². The minimum atomic E-state index is -3.36. The van der Waals surface area contributed by atoms with Crippen LogP contribution in [0, 0.1) is 17.3 Å². The number of carboxylic acid groups (broad SMARTS) is 1. The summed E-state index contributed by atoms with van der Waals surface area (Å²) in [4.78, 5) is 13.2. The lowest BCUT2D eigenvalue weighted by atomic mass is 9.89. The van der Waals surface area contributed by atoms with Gasteiger partial charge in [0.2, 0.25) is 0 Å². The molecular weight excluding hydrogens is 468 g/mol. The Morgan fingerprint density at radius 1 is 1.09 bits per heavy atom. The van der Waals surface area contributed by atoms with Crippen LogP contribution in [-0.2, 0) is 14.6 Å². The van der Waals surface area contributed by atoms with Crippen molar-refractivity contribution in [2.45, 2.75) is 45.1 Å². The first-order valence-corrected chi connectivity index (χ1v) is 13.5. The van der Waals surface area contributed by atoms with Crippen molar-refractivity contribution in [3.05, 3.63) is 71.1 Å². The molecule has 0 saturated carbocycles. The lowest BCUT2D eigenvalue weighted by molar-refractivity contribution is -0.150. The number of benzene rings is 2. The molecule has 3 aromatic rings. The summed E-state index contributed by atoms with van der Waals surface area (Å²) in [5.41, 5.74) is 1.39. The molecule has 0 radical (unpaired) electrons. The molecule has 0 amide bonds. The molecule has 1 aromatic heterocycles. The van der Waals surface area contributed by atoms with Crippen LogP contribution in [0.1, 0.15) is 45.2 Å². The Balaban J connectivity index is 2.06. The first kappa shape index (κ1) is 25.5. The Kier molecular flexibility index (Phi) is 7.86. The Morgan fingerprint density at radius 3 is 2.47 bits per heavy atom. The van der Waals surface area contributed by atoms with Crippen LogP contribution in [0.5, 0.6) is 5.75 Å². The van der Waals surface area contributed by atoms with Crippen LogP contribution in [-0.4, -0.2) is 31.4 Å². The van der Waals surface area contributed by atoms with Crippen molar-refractivity contribution in [2.75, 3.05) is 5.75 Å². The second-order valence-corrected chi connectivity index (χ2v) is 12.0. The van der Waals surface area contributed by atoms with Gasteiger partial charge in [-0.25, -0.2) is 13.2 Å². The van der Waals surface area contributed by atoms with E-state index >= 15 is 0 Å². The van der Waals surface area contributed by atoms with Gasteiger partial charge >= 0.3 is 5.97 Å². The largest absolute Gasteiger partial charge is 0.478 e. The number of hydrogen-bond donors (Lipinski definition) is 1. The van der Waals surface area contributed by atoms with Gasteiger partial charge in [-0.05, 0) is 59.8 Å². The smallest absolute Gasteiger partial charge is 0.345 e. The maximum absolute atomic E-state index is 12.4. The second-order valence-electron chi connectivity index (χ2n) is 8.99.